The van der Waals surface area contributed by atoms with Crippen LogP contribution >= 0.6 is 0 Å². The maximum Gasteiger partial charge on any atom is 0.416 e. The predicted molar refractivity (Wildman–Crippen MR) is 45.2 cm³/mol. The Hall–Kier alpha value is -1.28. The fraction of sp³-hybridized carbons (Fsp3) is 0.125. The van der Waals surface area contributed by atoms with Gasteiger partial charge in [-0.25, -0.2) is 0 Å². The molecule has 5 heteroatoms. The van der Waals surface area contributed by atoms with Crippen molar-refractivity contribution in [1.82, 2.24) is 0 Å². The summed E-state index contributed by atoms with van der Waals surface area (Å²) < 4.78 is 39.5. The topological polar surface area (TPSA) is 4.36 Å². The van der Waals surface area contributed by atoms with Crippen LogP contribution in [-0.2, 0) is 19.0 Å². The molecule has 0 unspecified atom stereocenters. The van der Waals surface area contributed by atoms with E-state index in [0.29, 0.717) is 0 Å². The molecule has 0 aliphatic heterocycles. The molecule has 1 rings (SSSR count). The quantitative estimate of drug-likeness (QED) is 0.586. The van der Waals surface area contributed by atoms with Crippen LogP contribution in [0.15, 0.2) is 24.3 Å². The Balaban J connectivity index is 3.10. The molecular formula is C8H4F3NS. The van der Waals surface area contributed by atoms with Gasteiger partial charge < -0.3 is 0 Å². The molecule has 0 aliphatic rings. The number of benzene rings is 1. The number of hydrogen-bond donors (Lipinski definition) is 0. The maximum absolute atomic E-state index is 12.1. The number of nitrogens with zero attached hydrogens (tertiary/aromatic N) is 1. The molecular weight excluding hydrogens is 199 g/mol. The highest BCUT2D eigenvalue weighted by atomic mass is 32.1. The van der Waals surface area contributed by atoms with Gasteiger partial charge in [-0.15, -0.1) is 0 Å². The molecule has 0 radical (unpaired) electrons. The van der Waals surface area contributed by atoms with Gasteiger partial charge >= 0.3 is 6.18 Å². The van der Waals surface area contributed by atoms with E-state index in [-0.39, 0.29) is 5.56 Å². The predicted octanol–water partition coefficient (Wildman–Crippen LogP) is 2.85. The third kappa shape index (κ3) is 2.60. The largest absolute Gasteiger partial charge is 0.416 e. The summed E-state index contributed by atoms with van der Waals surface area (Å²) in [6.07, 6.45) is -4.33. The van der Waals surface area contributed by atoms with Crippen molar-refractivity contribution in [3.05, 3.63) is 39.6 Å². The Morgan fingerprint density at radius 2 is 2.00 bits per heavy atom. The van der Waals surface area contributed by atoms with E-state index >= 15 is 0 Å². The SMILES string of the molecule is FC(F)(F)c1cccc(C#[N+][S-])c1. The van der Waals surface area contributed by atoms with Crippen molar-refractivity contribution in [2.75, 3.05) is 0 Å². The lowest BCUT2D eigenvalue weighted by molar-refractivity contribution is -0.137. The lowest BCUT2D eigenvalue weighted by Crippen LogP contribution is -2.04. The smallest absolute Gasteiger partial charge is 0.263 e. The highest BCUT2D eigenvalue weighted by Crippen LogP contribution is 2.29. The number of rotatable bonds is 0. The molecule has 68 valence electrons. The minimum Gasteiger partial charge on any atom is -0.263 e. The van der Waals surface area contributed by atoms with Crippen LogP contribution in [0.3, 0.4) is 0 Å². The van der Waals surface area contributed by atoms with E-state index in [1.54, 1.807) is 0 Å². The second-order valence-corrected chi connectivity index (χ2v) is 2.46. The lowest BCUT2D eigenvalue weighted by atomic mass is 10.1. The molecule has 0 aliphatic carbocycles. The molecule has 0 bridgehead atoms. The van der Waals surface area contributed by atoms with Gasteiger partial charge in [0.1, 0.15) is 5.56 Å². The summed E-state index contributed by atoms with van der Waals surface area (Å²) in [6.45, 7) is 0. The molecule has 0 amide bonds. The molecule has 1 aromatic rings. The molecule has 0 N–H and O–H groups in total. The van der Waals surface area contributed by atoms with Crippen LogP contribution in [0.5, 0.6) is 0 Å². The molecule has 1 nitrogen and oxygen atoms in total. The van der Waals surface area contributed by atoms with Crippen molar-refractivity contribution in [2.45, 2.75) is 6.18 Å². The molecule has 0 spiro atoms. The van der Waals surface area contributed by atoms with Gasteiger partial charge in [0, 0.05) is 0 Å². The average Bonchev–Trinajstić information content (AvgIpc) is 2.04. The Morgan fingerprint density at radius 1 is 1.31 bits per heavy atom. The third-order valence-corrected chi connectivity index (χ3v) is 1.46. The van der Waals surface area contributed by atoms with Crippen LogP contribution < -0.4 is 0 Å². The van der Waals surface area contributed by atoms with Gasteiger partial charge in [-0.1, -0.05) is 6.07 Å². The first kappa shape index (κ1) is 9.81. The van der Waals surface area contributed by atoms with Gasteiger partial charge in [0.15, 0.2) is 0 Å². The first-order chi connectivity index (χ1) is 6.04. The molecule has 0 atom stereocenters. The Bertz CT molecular complexity index is 362. The van der Waals surface area contributed by atoms with E-state index in [9.17, 15) is 13.2 Å². The van der Waals surface area contributed by atoms with Crippen LogP contribution in [-0.4, -0.2) is 0 Å². The summed E-state index contributed by atoms with van der Waals surface area (Å²) in [7, 11) is 0. The van der Waals surface area contributed by atoms with Gasteiger partial charge in [0.2, 0.25) is 0 Å². The van der Waals surface area contributed by atoms with Crippen molar-refractivity contribution >= 4 is 12.8 Å². The summed E-state index contributed by atoms with van der Waals surface area (Å²) in [5.41, 5.74) is -0.499. The van der Waals surface area contributed by atoms with Gasteiger partial charge in [-0.05, 0) is 18.2 Å². The van der Waals surface area contributed by atoms with E-state index < -0.39 is 11.7 Å². The van der Waals surface area contributed by atoms with E-state index in [1.807, 2.05) is 0 Å². The van der Waals surface area contributed by atoms with E-state index in [4.69, 9.17) is 0 Å². The standard InChI is InChI=1S/C8H4F3NS/c9-8(10,11)7-3-1-2-6(4-7)5-12-13/h1-4H. The normalized spacial score (nSPS) is 10.4. The fourth-order valence-corrected chi connectivity index (χ4v) is 0.923. The Labute approximate surface area is 78.6 Å². The molecule has 1 aromatic carbocycles. The zero-order valence-corrected chi connectivity index (χ0v) is 7.12. The highest BCUT2D eigenvalue weighted by molar-refractivity contribution is 7.61. The zero-order valence-electron chi connectivity index (χ0n) is 6.30. The number of alkyl halides is 3. The van der Waals surface area contributed by atoms with E-state index in [2.05, 4.69) is 23.1 Å². The second-order valence-electron chi connectivity index (χ2n) is 2.28. The summed E-state index contributed by atoms with van der Waals surface area (Å²) >= 11 is 4.20. The van der Waals surface area contributed by atoms with Crippen molar-refractivity contribution in [3.8, 4) is 6.07 Å². The molecule has 0 aromatic heterocycles. The van der Waals surface area contributed by atoms with Crippen molar-refractivity contribution in [3.63, 3.8) is 0 Å². The van der Waals surface area contributed by atoms with Gasteiger partial charge in [-0.3, -0.25) is 12.8 Å². The van der Waals surface area contributed by atoms with Crippen LogP contribution in [0, 0.1) is 6.07 Å². The first-order valence-electron chi connectivity index (χ1n) is 3.29. The monoisotopic (exact) mass is 203 g/mol. The highest BCUT2D eigenvalue weighted by Gasteiger charge is 2.30. The van der Waals surface area contributed by atoms with Crippen LogP contribution in [0.2, 0.25) is 0 Å². The number of hydrogen-bond acceptors (Lipinski definition) is 1. The summed E-state index contributed by atoms with van der Waals surface area (Å²) in [4.78, 5) is 0. The average molecular weight is 203 g/mol. The van der Waals surface area contributed by atoms with Crippen molar-refractivity contribution in [2.24, 2.45) is 0 Å². The number of halogens is 3. The molecule has 0 heterocycles. The summed E-state index contributed by atoms with van der Waals surface area (Å²) in [5, 5.41) is 0. The van der Waals surface area contributed by atoms with Crippen LogP contribution in [0.25, 0.3) is 4.25 Å². The van der Waals surface area contributed by atoms with Crippen molar-refractivity contribution < 1.29 is 13.2 Å². The molecule has 13 heavy (non-hydrogen) atoms. The van der Waals surface area contributed by atoms with E-state index in [1.165, 1.54) is 12.1 Å². The lowest BCUT2D eigenvalue weighted by Gasteiger charge is -2.04. The fourth-order valence-electron chi connectivity index (χ4n) is 0.818. The minimum absolute atomic E-state index is 0.227. The Morgan fingerprint density at radius 3 is 2.54 bits per heavy atom. The third-order valence-electron chi connectivity index (χ3n) is 1.36. The van der Waals surface area contributed by atoms with Gasteiger partial charge in [-0.2, -0.15) is 17.4 Å². The van der Waals surface area contributed by atoms with Gasteiger partial charge in [0.05, 0.1) is 5.56 Å². The summed E-state index contributed by atoms with van der Waals surface area (Å²) in [6, 6.07) is 6.91. The maximum atomic E-state index is 12.1. The minimum atomic E-state index is -4.33. The Kier molecular flexibility index (Phi) is 2.73. The van der Waals surface area contributed by atoms with Crippen molar-refractivity contribution in [1.29, 1.82) is 0 Å². The second kappa shape index (κ2) is 3.62. The molecule has 0 fully saturated rings. The van der Waals surface area contributed by atoms with Gasteiger partial charge in [0.25, 0.3) is 6.07 Å². The molecule has 0 saturated carbocycles. The van der Waals surface area contributed by atoms with Crippen LogP contribution in [0.4, 0.5) is 13.2 Å². The molecule has 0 saturated heterocycles. The van der Waals surface area contributed by atoms with E-state index in [0.717, 1.165) is 12.1 Å². The first-order valence-corrected chi connectivity index (χ1v) is 3.66. The zero-order chi connectivity index (χ0) is 9.90. The van der Waals surface area contributed by atoms with Crippen LogP contribution in [0.1, 0.15) is 11.1 Å². The summed E-state index contributed by atoms with van der Waals surface area (Å²) in [5.74, 6) is 0.